The van der Waals surface area contributed by atoms with E-state index in [2.05, 4.69) is 20.3 Å². The number of carbonyl (C=O) groups excluding carboxylic acids is 1. The molecule has 1 fully saturated rings. The second-order valence-electron chi connectivity index (χ2n) is 6.24. The standard InChI is InChI=1S/C18H19N5O3/c1-11-19-17(26-22-11)16-7-4-8-23(16)18(24)15-10-14(20-21-15)12-5-3-6-13(9-12)25-2/h3,5-6,9-10,16H,4,7-8H2,1-2H3,(H,20,21). The van der Waals surface area contributed by atoms with E-state index < -0.39 is 0 Å². The van der Waals surface area contributed by atoms with Crippen LogP contribution in [0.2, 0.25) is 0 Å². The van der Waals surface area contributed by atoms with Crippen LogP contribution in [0, 0.1) is 6.92 Å². The van der Waals surface area contributed by atoms with Crippen molar-refractivity contribution in [1.29, 1.82) is 0 Å². The number of likely N-dealkylation sites (tertiary alicyclic amines) is 1. The molecule has 0 aliphatic carbocycles. The lowest BCUT2D eigenvalue weighted by molar-refractivity contribution is 0.0704. The van der Waals surface area contributed by atoms with Crippen molar-refractivity contribution >= 4 is 5.91 Å². The van der Waals surface area contributed by atoms with E-state index in [-0.39, 0.29) is 11.9 Å². The van der Waals surface area contributed by atoms with E-state index in [1.54, 1.807) is 25.0 Å². The highest BCUT2D eigenvalue weighted by molar-refractivity contribution is 5.93. The molecule has 1 saturated heterocycles. The second-order valence-corrected chi connectivity index (χ2v) is 6.24. The third-order valence-electron chi connectivity index (χ3n) is 4.52. The molecular formula is C18H19N5O3. The monoisotopic (exact) mass is 353 g/mol. The molecule has 0 bridgehead atoms. The fourth-order valence-electron chi connectivity index (χ4n) is 3.23. The molecule has 8 nitrogen and oxygen atoms in total. The molecule has 134 valence electrons. The summed E-state index contributed by atoms with van der Waals surface area (Å²) >= 11 is 0. The highest BCUT2D eigenvalue weighted by Crippen LogP contribution is 2.32. The van der Waals surface area contributed by atoms with Crippen LogP contribution in [0.15, 0.2) is 34.9 Å². The Kier molecular flexibility index (Phi) is 4.16. The highest BCUT2D eigenvalue weighted by Gasteiger charge is 2.35. The summed E-state index contributed by atoms with van der Waals surface area (Å²) in [6.07, 6.45) is 1.71. The van der Waals surface area contributed by atoms with Gasteiger partial charge in [-0.15, -0.1) is 0 Å². The molecule has 0 saturated carbocycles. The Balaban J connectivity index is 1.57. The van der Waals surface area contributed by atoms with Crippen molar-refractivity contribution in [3.05, 3.63) is 47.7 Å². The number of amides is 1. The van der Waals surface area contributed by atoms with E-state index in [0.717, 1.165) is 24.2 Å². The van der Waals surface area contributed by atoms with Crippen LogP contribution < -0.4 is 4.74 Å². The summed E-state index contributed by atoms with van der Waals surface area (Å²) < 4.78 is 10.5. The molecule has 3 heterocycles. The van der Waals surface area contributed by atoms with Crippen LogP contribution in [0.1, 0.15) is 41.1 Å². The van der Waals surface area contributed by atoms with Gasteiger partial charge in [-0.05, 0) is 38.0 Å². The third-order valence-corrected chi connectivity index (χ3v) is 4.52. The largest absolute Gasteiger partial charge is 0.497 e. The topological polar surface area (TPSA) is 97.1 Å². The normalized spacial score (nSPS) is 16.8. The van der Waals surface area contributed by atoms with E-state index >= 15 is 0 Å². The maximum Gasteiger partial charge on any atom is 0.272 e. The minimum Gasteiger partial charge on any atom is -0.497 e. The highest BCUT2D eigenvalue weighted by atomic mass is 16.5. The minimum atomic E-state index is -0.188. The van der Waals surface area contributed by atoms with Gasteiger partial charge < -0.3 is 14.2 Å². The quantitative estimate of drug-likeness (QED) is 0.774. The number of aromatic amines is 1. The van der Waals surface area contributed by atoms with Gasteiger partial charge in [0.15, 0.2) is 5.82 Å². The second kappa shape index (κ2) is 6.62. The van der Waals surface area contributed by atoms with Gasteiger partial charge in [0, 0.05) is 12.1 Å². The summed E-state index contributed by atoms with van der Waals surface area (Å²) in [5.41, 5.74) is 2.01. The first-order valence-electron chi connectivity index (χ1n) is 8.46. The minimum absolute atomic E-state index is 0.120. The van der Waals surface area contributed by atoms with E-state index in [4.69, 9.17) is 9.26 Å². The van der Waals surface area contributed by atoms with Gasteiger partial charge in [0.1, 0.15) is 17.5 Å². The number of nitrogens with zero attached hydrogens (tertiary/aromatic N) is 4. The lowest BCUT2D eigenvalue weighted by Gasteiger charge is -2.20. The lowest BCUT2D eigenvalue weighted by atomic mass is 10.1. The number of rotatable bonds is 4. The van der Waals surface area contributed by atoms with Gasteiger partial charge in [-0.25, -0.2) is 0 Å². The number of hydrogen-bond acceptors (Lipinski definition) is 6. The van der Waals surface area contributed by atoms with E-state index in [1.807, 2.05) is 24.3 Å². The van der Waals surface area contributed by atoms with Crippen molar-refractivity contribution in [2.24, 2.45) is 0 Å². The number of benzene rings is 1. The van der Waals surface area contributed by atoms with Crippen LogP contribution in [-0.4, -0.2) is 44.8 Å². The molecule has 4 rings (SSSR count). The van der Waals surface area contributed by atoms with Crippen LogP contribution in [0.4, 0.5) is 0 Å². The summed E-state index contributed by atoms with van der Waals surface area (Å²) in [7, 11) is 1.62. The molecule has 3 aromatic rings. The molecule has 1 aliphatic heterocycles. The molecule has 1 aliphatic rings. The van der Waals surface area contributed by atoms with Gasteiger partial charge in [-0.3, -0.25) is 9.89 Å². The first-order valence-corrected chi connectivity index (χ1v) is 8.46. The number of methoxy groups -OCH3 is 1. The fourth-order valence-corrected chi connectivity index (χ4v) is 3.23. The van der Waals surface area contributed by atoms with Gasteiger partial charge in [-0.2, -0.15) is 10.1 Å². The summed E-state index contributed by atoms with van der Waals surface area (Å²) in [6, 6.07) is 9.12. The molecule has 1 aromatic carbocycles. The summed E-state index contributed by atoms with van der Waals surface area (Å²) in [4.78, 5) is 19.0. The Labute approximate surface area is 150 Å². The SMILES string of the molecule is COc1cccc(-c2cc(C(=O)N3CCCC3c3nc(C)no3)[nH]n2)c1. The van der Waals surface area contributed by atoms with E-state index in [1.165, 1.54) is 0 Å². The van der Waals surface area contributed by atoms with Crippen molar-refractivity contribution in [2.45, 2.75) is 25.8 Å². The summed E-state index contributed by atoms with van der Waals surface area (Å²) in [5.74, 6) is 1.68. The molecule has 1 unspecified atom stereocenters. The number of ether oxygens (including phenoxy) is 1. The Morgan fingerprint density at radius 1 is 1.38 bits per heavy atom. The average Bonchev–Trinajstić information content (AvgIpc) is 3.41. The number of hydrogen-bond donors (Lipinski definition) is 1. The van der Waals surface area contributed by atoms with Crippen LogP contribution in [0.3, 0.4) is 0 Å². The van der Waals surface area contributed by atoms with Crippen molar-refractivity contribution in [3.63, 3.8) is 0 Å². The smallest absolute Gasteiger partial charge is 0.272 e. The van der Waals surface area contributed by atoms with Crippen molar-refractivity contribution in [3.8, 4) is 17.0 Å². The van der Waals surface area contributed by atoms with Crippen LogP contribution >= 0.6 is 0 Å². The predicted molar refractivity (Wildman–Crippen MR) is 92.6 cm³/mol. The molecule has 0 spiro atoms. The van der Waals surface area contributed by atoms with Crippen LogP contribution in [-0.2, 0) is 0 Å². The third kappa shape index (κ3) is 2.94. The molecule has 8 heteroatoms. The van der Waals surface area contributed by atoms with Crippen molar-refractivity contribution < 1.29 is 14.1 Å². The maximum absolute atomic E-state index is 12.9. The number of nitrogens with one attached hydrogen (secondary N) is 1. The van der Waals surface area contributed by atoms with Crippen LogP contribution in [0.25, 0.3) is 11.3 Å². The average molecular weight is 353 g/mol. The van der Waals surface area contributed by atoms with E-state index in [0.29, 0.717) is 29.6 Å². The zero-order chi connectivity index (χ0) is 18.1. The Bertz CT molecular complexity index is 932. The maximum atomic E-state index is 12.9. The molecule has 0 radical (unpaired) electrons. The summed E-state index contributed by atoms with van der Waals surface area (Å²) in [6.45, 7) is 2.42. The van der Waals surface area contributed by atoms with Crippen LogP contribution in [0.5, 0.6) is 5.75 Å². The van der Waals surface area contributed by atoms with Gasteiger partial charge in [0.2, 0.25) is 5.89 Å². The zero-order valence-electron chi connectivity index (χ0n) is 14.6. The Morgan fingerprint density at radius 2 is 2.27 bits per heavy atom. The first kappa shape index (κ1) is 16.3. The number of aryl methyl sites for hydroxylation is 1. The van der Waals surface area contributed by atoms with Gasteiger partial charge >= 0.3 is 0 Å². The van der Waals surface area contributed by atoms with Crippen molar-refractivity contribution in [1.82, 2.24) is 25.2 Å². The molecule has 1 amide bonds. The molecule has 2 aromatic heterocycles. The Morgan fingerprint density at radius 3 is 3.04 bits per heavy atom. The number of carbonyl (C=O) groups is 1. The van der Waals surface area contributed by atoms with Gasteiger partial charge in [-0.1, -0.05) is 17.3 Å². The van der Waals surface area contributed by atoms with Crippen molar-refractivity contribution in [2.75, 3.05) is 13.7 Å². The number of aromatic nitrogens is 4. The molecule has 1 atom stereocenters. The molecule has 1 N–H and O–H groups in total. The van der Waals surface area contributed by atoms with E-state index in [9.17, 15) is 4.79 Å². The lowest BCUT2D eigenvalue weighted by Crippen LogP contribution is -2.31. The first-order chi connectivity index (χ1) is 12.7. The van der Waals surface area contributed by atoms with Gasteiger partial charge in [0.05, 0.1) is 12.8 Å². The number of H-pyrrole nitrogens is 1. The fraction of sp³-hybridized carbons (Fsp3) is 0.333. The molecule has 26 heavy (non-hydrogen) atoms. The predicted octanol–water partition coefficient (Wildman–Crippen LogP) is 2.75. The summed E-state index contributed by atoms with van der Waals surface area (Å²) in [5, 5.41) is 11.0. The zero-order valence-corrected chi connectivity index (χ0v) is 14.6. The molecular weight excluding hydrogens is 334 g/mol. The Hall–Kier alpha value is -3.16. The van der Waals surface area contributed by atoms with Gasteiger partial charge in [0.25, 0.3) is 5.91 Å².